The van der Waals surface area contributed by atoms with Crippen LogP contribution in [-0.4, -0.2) is 56.6 Å². The van der Waals surface area contributed by atoms with Crippen LogP contribution < -0.4 is 10.1 Å². The zero-order valence-corrected chi connectivity index (χ0v) is 13.1. The van der Waals surface area contributed by atoms with Crippen molar-refractivity contribution in [1.82, 2.24) is 10.2 Å². The molecule has 2 amide bonds. The fraction of sp³-hybridized carbons (Fsp3) is 0.500. The summed E-state index contributed by atoms with van der Waals surface area (Å²) in [4.78, 5) is 13.4. The number of rotatable bonds is 4. The summed E-state index contributed by atoms with van der Waals surface area (Å²) in [7, 11) is -3.02. The molecule has 1 saturated heterocycles. The third-order valence-electron chi connectivity index (χ3n) is 3.33. The second-order valence-electron chi connectivity index (χ2n) is 5.23. The molecule has 0 saturated carbocycles. The van der Waals surface area contributed by atoms with Crippen molar-refractivity contribution in [3.8, 4) is 5.75 Å². The molecule has 1 aromatic carbocycles. The molecule has 0 radical (unpaired) electrons. The number of halogens is 1. The monoisotopic (exact) mass is 330 g/mol. The highest BCUT2D eigenvalue weighted by Crippen LogP contribution is 2.15. The summed E-state index contributed by atoms with van der Waals surface area (Å²) >= 11 is 0. The molecular weight excluding hydrogens is 311 g/mol. The number of amides is 2. The quantitative estimate of drug-likeness (QED) is 0.895. The maximum atomic E-state index is 13.4. The molecule has 22 heavy (non-hydrogen) atoms. The van der Waals surface area contributed by atoms with Gasteiger partial charge in [0.25, 0.3) is 0 Å². The molecule has 2 rings (SSSR count). The van der Waals surface area contributed by atoms with Crippen molar-refractivity contribution in [2.45, 2.75) is 13.0 Å². The molecule has 1 N–H and O–H groups in total. The van der Waals surface area contributed by atoms with Gasteiger partial charge in [-0.1, -0.05) is 12.1 Å². The minimum absolute atomic E-state index is 0.0134. The summed E-state index contributed by atoms with van der Waals surface area (Å²) in [6.45, 7) is 2.24. The van der Waals surface area contributed by atoms with E-state index in [1.807, 2.05) is 0 Å². The van der Waals surface area contributed by atoms with Crippen LogP contribution in [0.5, 0.6) is 5.75 Å². The smallest absolute Gasteiger partial charge is 0.317 e. The predicted octanol–water partition coefficient (Wildman–Crippen LogP) is 1.03. The molecule has 0 aromatic heterocycles. The highest BCUT2D eigenvalue weighted by atomic mass is 32.2. The second kappa shape index (κ2) is 6.95. The third-order valence-corrected chi connectivity index (χ3v) is 4.94. The van der Waals surface area contributed by atoms with E-state index in [2.05, 4.69) is 5.32 Å². The zero-order valence-electron chi connectivity index (χ0n) is 12.3. The average molecular weight is 330 g/mol. The van der Waals surface area contributed by atoms with E-state index < -0.39 is 15.7 Å². The van der Waals surface area contributed by atoms with Gasteiger partial charge in [0.15, 0.2) is 21.4 Å². The van der Waals surface area contributed by atoms with Crippen molar-refractivity contribution in [3.63, 3.8) is 0 Å². The van der Waals surface area contributed by atoms with E-state index in [1.165, 1.54) is 17.0 Å². The Morgan fingerprint density at radius 1 is 1.36 bits per heavy atom. The summed E-state index contributed by atoms with van der Waals surface area (Å²) in [5.41, 5.74) is 0. The summed E-state index contributed by atoms with van der Waals surface area (Å²) in [6, 6.07) is 5.38. The number of hydrogen-bond donors (Lipinski definition) is 1. The average Bonchev–Trinajstić information content (AvgIpc) is 2.46. The minimum atomic E-state index is -3.02. The van der Waals surface area contributed by atoms with Crippen molar-refractivity contribution in [1.29, 1.82) is 0 Å². The molecule has 8 heteroatoms. The standard InChI is InChI=1S/C14H19FN2O4S/c1-11(10-21-13-5-3-2-4-12(13)15)16-14(18)17-6-8-22(19,20)9-7-17/h2-5,11H,6-10H2,1H3,(H,16,18)/t11-/m0/s1. The van der Waals surface area contributed by atoms with E-state index in [9.17, 15) is 17.6 Å². The second-order valence-corrected chi connectivity index (χ2v) is 7.53. The van der Waals surface area contributed by atoms with E-state index in [-0.39, 0.29) is 49.0 Å². The number of ether oxygens (including phenoxy) is 1. The summed E-state index contributed by atoms with van der Waals surface area (Å²) in [5.74, 6) is -0.351. The summed E-state index contributed by atoms with van der Waals surface area (Å²) in [5, 5.41) is 2.71. The number of nitrogens with zero attached hydrogens (tertiary/aromatic N) is 1. The summed E-state index contributed by atoms with van der Waals surface area (Å²) < 4.78 is 41.3. The number of para-hydroxylation sites is 1. The Balaban J connectivity index is 1.78. The van der Waals surface area contributed by atoms with Crippen molar-refractivity contribution in [2.24, 2.45) is 0 Å². The first kappa shape index (κ1) is 16.5. The molecule has 1 atom stereocenters. The predicted molar refractivity (Wildman–Crippen MR) is 80.1 cm³/mol. The molecule has 6 nitrogen and oxygen atoms in total. The van der Waals surface area contributed by atoms with Gasteiger partial charge in [-0.15, -0.1) is 0 Å². The van der Waals surface area contributed by atoms with Crippen LogP contribution in [0.3, 0.4) is 0 Å². The molecule has 1 heterocycles. The maximum Gasteiger partial charge on any atom is 0.317 e. The van der Waals surface area contributed by atoms with E-state index in [0.29, 0.717) is 0 Å². The Morgan fingerprint density at radius 3 is 2.64 bits per heavy atom. The maximum absolute atomic E-state index is 13.4. The highest BCUT2D eigenvalue weighted by Gasteiger charge is 2.25. The first-order chi connectivity index (χ1) is 10.4. The molecule has 0 aliphatic carbocycles. The van der Waals surface area contributed by atoms with Crippen molar-refractivity contribution in [3.05, 3.63) is 30.1 Å². The van der Waals surface area contributed by atoms with Crippen LogP contribution >= 0.6 is 0 Å². The van der Waals surface area contributed by atoms with Gasteiger partial charge >= 0.3 is 6.03 Å². The fourth-order valence-corrected chi connectivity index (χ4v) is 3.24. The zero-order chi connectivity index (χ0) is 16.2. The lowest BCUT2D eigenvalue weighted by molar-refractivity contribution is 0.190. The number of urea groups is 1. The van der Waals surface area contributed by atoms with Crippen LogP contribution in [0.15, 0.2) is 24.3 Å². The van der Waals surface area contributed by atoms with E-state index >= 15 is 0 Å². The van der Waals surface area contributed by atoms with Gasteiger partial charge in [0, 0.05) is 13.1 Å². The van der Waals surface area contributed by atoms with Gasteiger partial charge < -0.3 is 15.0 Å². The number of nitrogens with one attached hydrogen (secondary N) is 1. The van der Waals surface area contributed by atoms with Crippen molar-refractivity contribution in [2.75, 3.05) is 31.2 Å². The normalized spacial score (nSPS) is 18.5. The Morgan fingerprint density at radius 2 is 2.00 bits per heavy atom. The Bertz CT molecular complexity index is 621. The highest BCUT2D eigenvalue weighted by molar-refractivity contribution is 7.91. The molecule has 0 spiro atoms. The number of benzene rings is 1. The largest absolute Gasteiger partial charge is 0.488 e. The van der Waals surface area contributed by atoms with Gasteiger partial charge in [-0.25, -0.2) is 17.6 Å². The molecule has 1 aromatic rings. The Hall–Kier alpha value is -1.83. The lowest BCUT2D eigenvalue weighted by atomic mass is 10.3. The number of carbonyl (C=O) groups is 1. The van der Waals surface area contributed by atoms with Crippen LogP contribution in [0.4, 0.5) is 9.18 Å². The fourth-order valence-electron chi connectivity index (χ4n) is 2.04. The van der Waals surface area contributed by atoms with Gasteiger partial charge in [0.2, 0.25) is 0 Å². The Labute approximate surface area is 129 Å². The van der Waals surface area contributed by atoms with Crippen LogP contribution in [0.2, 0.25) is 0 Å². The number of sulfone groups is 1. The van der Waals surface area contributed by atoms with Crippen molar-refractivity contribution >= 4 is 15.9 Å². The first-order valence-electron chi connectivity index (χ1n) is 7.00. The molecular formula is C14H19FN2O4S. The van der Waals surface area contributed by atoms with E-state index in [4.69, 9.17) is 4.74 Å². The topological polar surface area (TPSA) is 75.7 Å². The Kier molecular flexibility index (Phi) is 5.23. The van der Waals surface area contributed by atoms with Crippen LogP contribution in [0, 0.1) is 5.82 Å². The molecule has 0 unspecified atom stereocenters. The van der Waals surface area contributed by atoms with Crippen molar-refractivity contribution < 1.29 is 22.3 Å². The third kappa shape index (κ3) is 4.59. The minimum Gasteiger partial charge on any atom is -0.488 e. The molecule has 1 aliphatic heterocycles. The first-order valence-corrected chi connectivity index (χ1v) is 8.83. The van der Waals surface area contributed by atoms with Crippen LogP contribution in [-0.2, 0) is 9.84 Å². The van der Waals surface area contributed by atoms with Gasteiger partial charge in [-0.3, -0.25) is 0 Å². The number of hydrogen-bond acceptors (Lipinski definition) is 4. The molecule has 0 bridgehead atoms. The van der Waals surface area contributed by atoms with Gasteiger partial charge in [-0.05, 0) is 19.1 Å². The molecule has 1 aliphatic rings. The van der Waals surface area contributed by atoms with Gasteiger partial charge in [-0.2, -0.15) is 0 Å². The number of carbonyl (C=O) groups excluding carboxylic acids is 1. The van der Waals surface area contributed by atoms with Gasteiger partial charge in [0.1, 0.15) is 6.61 Å². The summed E-state index contributed by atoms with van der Waals surface area (Å²) in [6.07, 6.45) is 0. The molecule has 1 fully saturated rings. The lowest BCUT2D eigenvalue weighted by Crippen LogP contribution is -2.51. The van der Waals surface area contributed by atoms with Crippen LogP contribution in [0.25, 0.3) is 0 Å². The SMILES string of the molecule is C[C@@H](COc1ccccc1F)NC(=O)N1CCS(=O)(=O)CC1. The van der Waals surface area contributed by atoms with Crippen LogP contribution in [0.1, 0.15) is 6.92 Å². The van der Waals surface area contributed by atoms with E-state index in [0.717, 1.165) is 0 Å². The van der Waals surface area contributed by atoms with E-state index in [1.54, 1.807) is 19.1 Å². The lowest BCUT2D eigenvalue weighted by Gasteiger charge is -2.28. The molecule has 122 valence electrons. The van der Waals surface area contributed by atoms with Gasteiger partial charge in [0.05, 0.1) is 17.5 Å².